The highest BCUT2D eigenvalue weighted by Gasteiger charge is 2.34. The van der Waals surface area contributed by atoms with E-state index in [9.17, 15) is 9.18 Å². The molecule has 7 heteroatoms. The van der Waals surface area contributed by atoms with Crippen molar-refractivity contribution in [3.05, 3.63) is 70.8 Å². The van der Waals surface area contributed by atoms with Gasteiger partial charge in [0.2, 0.25) is 11.7 Å². The quantitative estimate of drug-likeness (QED) is 0.679. The van der Waals surface area contributed by atoms with Crippen LogP contribution in [0.3, 0.4) is 0 Å². The number of carbonyl (C=O) groups is 1. The molecule has 0 unspecified atom stereocenters. The average molecular weight is 372 g/mol. The summed E-state index contributed by atoms with van der Waals surface area (Å²) >= 11 is 5.89. The molecular formula is C19H15ClFN3O2. The molecule has 1 atom stereocenters. The molecule has 1 aromatic heterocycles. The molecule has 0 spiro atoms. The van der Waals surface area contributed by atoms with E-state index in [2.05, 4.69) is 10.1 Å². The highest BCUT2D eigenvalue weighted by Crippen LogP contribution is 2.33. The van der Waals surface area contributed by atoms with Gasteiger partial charge in [-0.05, 0) is 61.4 Å². The third-order valence-corrected chi connectivity index (χ3v) is 4.69. The summed E-state index contributed by atoms with van der Waals surface area (Å²) in [6.45, 7) is 0.625. The molecule has 5 nitrogen and oxygen atoms in total. The lowest BCUT2D eigenvalue weighted by Crippen LogP contribution is -2.30. The molecule has 1 fully saturated rings. The van der Waals surface area contributed by atoms with E-state index in [0.29, 0.717) is 34.4 Å². The highest BCUT2D eigenvalue weighted by molar-refractivity contribution is 6.30. The van der Waals surface area contributed by atoms with Gasteiger partial charge in [-0.2, -0.15) is 4.98 Å². The number of nitrogens with zero attached hydrogens (tertiary/aromatic N) is 3. The number of aromatic nitrogens is 2. The van der Waals surface area contributed by atoms with E-state index in [4.69, 9.17) is 16.1 Å². The van der Waals surface area contributed by atoms with Crippen molar-refractivity contribution in [3.8, 4) is 11.4 Å². The van der Waals surface area contributed by atoms with E-state index in [1.54, 1.807) is 41.3 Å². The Balaban J connectivity index is 1.58. The van der Waals surface area contributed by atoms with Crippen LogP contribution in [0.25, 0.3) is 11.4 Å². The summed E-state index contributed by atoms with van der Waals surface area (Å²) < 4.78 is 18.5. The minimum Gasteiger partial charge on any atom is -0.337 e. The number of hydrogen-bond donors (Lipinski definition) is 0. The van der Waals surface area contributed by atoms with Crippen LogP contribution in [0.5, 0.6) is 0 Å². The molecule has 3 aromatic rings. The van der Waals surface area contributed by atoms with Crippen molar-refractivity contribution in [2.75, 3.05) is 6.54 Å². The van der Waals surface area contributed by atoms with E-state index in [0.717, 1.165) is 12.8 Å². The monoisotopic (exact) mass is 371 g/mol. The normalized spacial score (nSPS) is 16.8. The van der Waals surface area contributed by atoms with Crippen molar-refractivity contribution in [3.63, 3.8) is 0 Å². The van der Waals surface area contributed by atoms with Crippen LogP contribution in [0.4, 0.5) is 4.39 Å². The molecule has 4 rings (SSSR count). The van der Waals surface area contributed by atoms with E-state index >= 15 is 0 Å². The molecule has 1 aliphatic heterocycles. The Hall–Kier alpha value is -2.73. The second kappa shape index (κ2) is 6.88. The molecule has 2 aromatic carbocycles. The van der Waals surface area contributed by atoms with E-state index in [-0.39, 0.29) is 17.8 Å². The van der Waals surface area contributed by atoms with Gasteiger partial charge in [-0.25, -0.2) is 4.39 Å². The lowest BCUT2D eigenvalue weighted by molar-refractivity contribution is 0.0710. The van der Waals surface area contributed by atoms with E-state index < -0.39 is 0 Å². The summed E-state index contributed by atoms with van der Waals surface area (Å²) in [6.07, 6.45) is 1.61. The van der Waals surface area contributed by atoms with Gasteiger partial charge in [0.15, 0.2) is 0 Å². The molecule has 26 heavy (non-hydrogen) atoms. The number of rotatable bonds is 3. The Kier molecular flexibility index (Phi) is 4.42. The maximum atomic E-state index is 13.1. The first-order valence-corrected chi connectivity index (χ1v) is 8.66. The van der Waals surface area contributed by atoms with Crippen LogP contribution in [-0.2, 0) is 0 Å². The van der Waals surface area contributed by atoms with Crippen LogP contribution in [0.2, 0.25) is 5.02 Å². The highest BCUT2D eigenvalue weighted by atomic mass is 35.5. The first-order chi connectivity index (χ1) is 12.6. The molecule has 1 saturated heterocycles. The molecule has 0 N–H and O–H groups in total. The summed E-state index contributed by atoms with van der Waals surface area (Å²) in [5.41, 5.74) is 1.23. The molecule has 0 aliphatic carbocycles. The van der Waals surface area contributed by atoms with Crippen LogP contribution < -0.4 is 0 Å². The lowest BCUT2D eigenvalue weighted by Gasteiger charge is -2.21. The molecule has 0 saturated carbocycles. The molecule has 132 valence electrons. The summed E-state index contributed by atoms with van der Waals surface area (Å²) in [5, 5.41) is 4.56. The average Bonchev–Trinajstić information content (AvgIpc) is 3.31. The van der Waals surface area contributed by atoms with Crippen molar-refractivity contribution >= 4 is 17.5 Å². The molecule has 1 amide bonds. The van der Waals surface area contributed by atoms with Gasteiger partial charge < -0.3 is 9.42 Å². The first kappa shape index (κ1) is 16.7. The van der Waals surface area contributed by atoms with Crippen LogP contribution in [0.1, 0.15) is 35.1 Å². The van der Waals surface area contributed by atoms with Crippen molar-refractivity contribution in [1.29, 1.82) is 0 Å². The molecule has 0 bridgehead atoms. The maximum absolute atomic E-state index is 13.1. The van der Waals surface area contributed by atoms with Gasteiger partial charge in [-0.3, -0.25) is 4.79 Å². The number of halogens is 2. The summed E-state index contributed by atoms with van der Waals surface area (Å²) in [6, 6.07) is 12.4. The summed E-state index contributed by atoms with van der Waals surface area (Å²) in [5.74, 6) is 0.355. The third kappa shape index (κ3) is 3.20. The van der Waals surface area contributed by atoms with Crippen LogP contribution >= 0.6 is 11.6 Å². The van der Waals surface area contributed by atoms with Gasteiger partial charge in [0.1, 0.15) is 11.9 Å². The minimum absolute atomic E-state index is 0.0919. The lowest BCUT2D eigenvalue weighted by atomic mass is 10.1. The van der Waals surface area contributed by atoms with Crippen LogP contribution in [0.15, 0.2) is 53.1 Å². The number of hydrogen-bond acceptors (Lipinski definition) is 4. The number of carbonyl (C=O) groups excluding carboxylic acids is 1. The first-order valence-electron chi connectivity index (χ1n) is 8.28. The van der Waals surface area contributed by atoms with Crippen LogP contribution in [-0.4, -0.2) is 27.5 Å². The minimum atomic E-state index is -0.326. The van der Waals surface area contributed by atoms with Gasteiger partial charge in [-0.15, -0.1) is 0 Å². The predicted octanol–water partition coefficient (Wildman–Crippen LogP) is 4.51. The van der Waals surface area contributed by atoms with Gasteiger partial charge in [-0.1, -0.05) is 16.8 Å². The van der Waals surface area contributed by atoms with Gasteiger partial charge >= 0.3 is 0 Å². The smallest absolute Gasteiger partial charge is 0.254 e. The Morgan fingerprint density at radius 3 is 2.62 bits per heavy atom. The third-order valence-electron chi connectivity index (χ3n) is 4.43. The fraction of sp³-hybridized carbons (Fsp3) is 0.211. The van der Waals surface area contributed by atoms with Crippen molar-refractivity contribution in [2.24, 2.45) is 0 Å². The summed E-state index contributed by atoms with van der Waals surface area (Å²) in [4.78, 5) is 19.0. The molecule has 1 aliphatic rings. The zero-order chi connectivity index (χ0) is 18.1. The zero-order valence-corrected chi connectivity index (χ0v) is 14.5. The topological polar surface area (TPSA) is 59.2 Å². The fourth-order valence-electron chi connectivity index (χ4n) is 3.11. The number of benzene rings is 2. The largest absolute Gasteiger partial charge is 0.337 e. The Morgan fingerprint density at radius 1 is 1.15 bits per heavy atom. The number of likely N-dealkylation sites (tertiary alicyclic amines) is 1. The molecule has 0 radical (unpaired) electrons. The van der Waals surface area contributed by atoms with E-state index in [1.165, 1.54) is 12.1 Å². The predicted molar refractivity (Wildman–Crippen MR) is 94.2 cm³/mol. The van der Waals surface area contributed by atoms with Gasteiger partial charge in [0.05, 0.1) is 0 Å². The Labute approximate surface area is 154 Å². The zero-order valence-electron chi connectivity index (χ0n) is 13.7. The second-order valence-corrected chi connectivity index (χ2v) is 6.56. The van der Waals surface area contributed by atoms with Crippen LogP contribution in [0, 0.1) is 5.82 Å². The maximum Gasteiger partial charge on any atom is 0.254 e. The SMILES string of the molecule is O=C(c1ccc(Cl)cc1)N1CCC[C@@H]1c1nc(-c2ccc(F)cc2)no1. The van der Waals surface area contributed by atoms with E-state index in [1.807, 2.05) is 0 Å². The molecule has 2 heterocycles. The van der Waals surface area contributed by atoms with Crippen molar-refractivity contribution < 1.29 is 13.7 Å². The van der Waals surface area contributed by atoms with Gasteiger partial charge in [0.25, 0.3) is 5.91 Å². The molecular weight excluding hydrogens is 357 g/mol. The standard InChI is InChI=1S/C19H15ClFN3O2/c20-14-7-3-13(4-8-14)19(25)24-11-1-2-16(24)18-22-17(23-26-18)12-5-9-15(21)10-6-12/h3-10,16H,1-2,11H2/t16-/m1/s1. The number of amides is 1. The second-order valence-electron chi connectivity index (χ2n) is 6.13. The fourth-order valence-corrected chi connectivity index (χ4v) is 3.24. The van der Waals surface area contributed by atoms with Crippen molar-refractivity contribution in [1.82, 2.24) is 15.0 Å². The summed E-state index contributed by atoms with van der Waals surface area (Å²) in [7, 11) is 0. The Bertz CT molecular complexity index is 925. The van der Waals surface area contributed by atoms with Gasteiger partial charge in [0, 0.05) is 22.7 Å². The Morgan fingerprint density at radius 2 is 1.88 bits per heavy atom. The van der Waals surface area contributed by atoms with Crippen molar-refractivity contribution in [2.45, 2.75) is 18.9 Å².